The van der Waals surface area contributed by atoms with Crippen LogP contribution in [0.25, 0.3) is 0 Å². The van der Waals surface area contributed by atoms with Gasteiger partial charge in [0.2, 0.25) is 0 Å². The summed E-state index contributed by atoms with van der Waals surface area (Å²) in [6.45, 7) is 2.46. The van der Waals surface area contributed by atoms with Crippen LogP contribution in [-0.4, -0.2) is 29.6 Å². The summed E-state index contributed by atoms with van der Waals surface area (Å²) < 4.78 is 5.68. The molecule has 0 bridgehead atoms. The van der Waals surface area contributed by atoms with Crippen molar-refractivity contribution in [3.05, 3.63) is 0 Å². The van der Waals surface area contributed by atoms with Gasteiger partial charge in [0.1, 0.15) is 6.29 Å². The van der Waals surface area contributed by atoms with Crippen molar-refractivity contribution in [2.75, 3.05) is 6.61 Å². The van der Waals surface area contributed by atoms with Crippen molar-refractivity contribution in [3.8, 4) is 0 Å². The van der Waals surface area contributed by atoms with Gasteiger partial charge in [-0.25, -0.2) is 4.79 Å². The predicted molar refractivity (Wildman–Crippen MR) is 68.5 cm³/mol. The highest BCUT2D eigenvalue weighted by Gasteiger charge is 2.46. The van der Waals surface area contributed by atoms with Crippen LogP contribution in [0.15, 0.2) is 0 Å². The molecular weight excluding hydrogens is 232 g/mol. The summed E-state index contributed by atoms with van der Waals surface area (Å²) in [6, 6.07) is 0. The first kappa shape index (κ1) is 15.2. The number of hydrogen-bond donors (Lipinski definition) is 1. The van der Waals surface area contributed by atoms with Crippen molar-refractivity contribution >= 4 is 12.3 Å². The molecule has 1 N–H and O–H groups in total. The highest BCUT2D eigenvalue weighted by molar-refractivity contribution is 5.81. The lowest BCUT2D eigenvalue weighted by Crippen LogP contribution is -2.49. The number of carbonyl (C=O) groups excluding carboxylic acids is 1. The molecule has 1 aliphatic carbocycles. The van der Waals surface area contributed by atoms with E-state index >= 15 is 0 Å². The highest BCUT2D eigenvalue weighted by Crippen LogP contribution is 2.37. The molecule has 1 atom stereocenters. The van der Waals surface area contributed by atoms with E-state index in [1.807, 2.05) is 6.92 Å². The topological polar surface area (TPSA) is 63.6 Å². The Bertz CT molecular complexity index is 271. The third-order valence-electron chi connectivity index (χ3n) is 3.87. The van der Waals surface area contributed by atoms with Gasteiger partial charge in [0, 0.05) is 13.0 Å². The van der Waals surface area contributed by atoms with Crippen molar-refractivity contribution < 1.29 is 19.4 Å². The average Bonchev–Trinajstić information content (AvgIpc) is 2.38. The number of hydrogen-bond acceptors (Lipinski definition) is 3. The maximum atomic E-state index is 11.6. The molecule has 1 saturated carbocycles. The van der Waals surface area contributed by atoms with E-state index < -0.39 is 11.6 Å². The van der Waals surface area contributed by atoms with Crippen molar-refractivity contribution in [1.82, 2.24) is 0 Å². The average molecular weight is 256 g/mol. The molecule has 0 heterocycles. The fourth-order valence-corrected chi connectivity index (χ4v) is 2.76. The number of carboxylic acid groups (broad SMARTS) is 1. The lowest BCUT2D eigenvalue weighted by atomic mass is 9.75. The van der Waals surface area contributed by atoms with Gasteiger partial charge in [0.05, 0.1) is 0 Å². The van der Waals surface area contributed by atoms with Crippen LogP contribution in [-0.2, 0) is 14.3 Å². The Morgan fingerprint density at radius 2 is 2.06 bits per heavy atom. The van der Waals surface area contributed by atoms with Crippen molar-refractivity contribution in [3.63, 3.8) is 0 Å². The van der Waals surface area contributed by atoms with Gasteiger partial charge in [-0.05, 0) is 25.2 Å². The van der Waals surface area contributed by atoms with Gasteiger partial charge in [-0.2, -0.15) is 0 Å². The van der Waals surface area contributed by atoms with Gasteiger partial charge in [-0.15, -0.1) is 0 Å². The fourth-order valence-electron chi connectivity index (χ4n) is 2.76. The Hall–Kier alpha value is -0.900. The van der Waals surface area contributed by atoms with Crippen LogP contribution in [0, 0.1) is 5.92 Å². The minimum Gasteiger partial charge on any atom is -0.479 e. The quantitative estimate of drug-likeness (QED) is 0.536. The van der Waals surface area contributed by atoms with Crippen LogP contribution >= 0.6 is 0 Å². The van der Waals surface area contributed by atoms with Gasteiger partial charge in [-0.1, -0.05) is 32.6 Å². The van der Waals surface area contributed by atoms with Crippen LogP contribution in [0.4, 0.5) is 0 Å². The summed E-state index contributed by atoms with van der Waals surface area (Å²) in [5.41, 5.74) is -1.28. The summed E-state index contributed by atoms with van der Waals surface area (Å²) >= 11 is 0. The van der Waals surface area contributed by atoms with Gasteiger partial charge in [-0.3, -0.25) is 0 Å². The molecule has 104 valence electrons. The number of aldehydes is 1. The van der Waals surface area contributed by atoms with Gasteiger partial charge < -0.3 is 14.6 Å². The SMILES string of the molecule is CCCCOC(CC=O)(C(=O)O)C1CCCCC1. The zero-order valence-electron chi connectivity index (χ0n) is 11.2. The first-order chi connectivity index (χ1) is 8.67. The molecule has 0 aromatic carbocycles. The summed E-state index contributed by atoms with van der Waals surface area (Å²) in [5, 5.41) is 9.52. The lowest BCUT2D eigenvalue weighted by molar-refractivity contribution is -0.179. The first-order valence-electron chi connectivity index (χ1n) is 6.98. The molecule has 18 heavy (non-hydrogen) atoms. The van der Waals surface area contributed by atoms with E-state index in [1.54, 1.807) is 0 Å². The van der Waals surface area contributed by atoms with E-state index in [2.05, 4.69) is 0 Å². The minimum atomic E-state index is -1.28. The Labute approximate surface area is 109 Å². The van der Waals surface area contributed by atoms with Crippen LogP contribution in [0.5, 0.6) is 0 Å². The van der Waals surface area contributed by atoms with Crippen LogP contribution in [0.1, 0.15) is 58.3 Å². The van der Waals surface area contributed by atoms with Crippen molar-refractivity contribution in [2.24, 2.45) is 5.92 Å². The molecule has 1 fully saturated rings. The maximum absolute atomic E-state index is 11.6. The number of aliphatic carboxylic acids is 1. The van der Waals surface area contributed by atoms with Crippen molar-refractivity contribution in [1.29, 1.82) is 0 Å². The summed E-state index contributed by atoms with van der Waals surface area (Å²) in [6.07, 6.45) is 7.39. The Kier molecular flexibility index (Phi) is 6.33. The number of unbranched alkanes of at least 4 members (excludes halogenated alkanes) is 1. The molecule has 1 aliphatic rings. The van der Waals surface area contributed by atoms with E-state index in [-0.39, 0.29) is 12.3 Å². The molecule has 0 aliphatic heterocycles. The summed E-state index contributed by atoms with van der Waals surface area (Å²) in [7, 11) is 0. The van der Waals surface area contributed by atoms with Crippen LogP contribution in [0.2, 0.25) is 0 Å². The third-order valence-corrected chi connectivity index (χ3v) is 3.87. The van der Waals surface area contributed by atoms with E-state index in [9.17, 15) is 14.7 Å². The molecule has 0 amide bonds. The highest BCUT2D eigenvalue weighted by atomic mass is 16.5. The van der Waals surface area contributed by atoms with Crippen LogP contribution in [0.3, 0.4) is 0 Å². The molecule has 4 heteroatoms. The molecule has 0 aromatic rings. The minimum absolute atomic E-state index is 0.0224. The number of carboxylic acids is 1. The zero-order valence-corrected chi connectivity index (χ0v) is 11.2. The monoisotopic (exact) mass is 256 g/mol. The normalized spacial score (nSPS) is 20.3. The maximum Gasteiger partial charge on any atom is 0.336 e. The Morgan fingerprint density at radius 1 is 1.39 bits per heavy atom. The molecule has 1 rings (SSSR count). The summed E-state index contributed by atoms with van der Waals surface area (Å²) in [5.74, 6) is -0.997. The second-order valence-corrected chi connectivity index (χ2v) is 5.10. The van der Waals surface area contributed by atoms with Gasteiger partial charge >= 0.3 is 5.97 Å². The largest absolute Gasteiger partial charge is 0.479 e. The molecule has 0 radical (unpaired) electrons. The van der Waals surface area contributed by atoms with Crippen LogP contribution < -0.4 is 0 Å². The Balaban J connectivity index is 2.80. The molecule has 0 aromatic heterocycles. The second kappa shape index (κ2) is 7.52. The molecule has 1 unspecified atom stereocenters. The standard InChI is InChI=1S/C14H24O4/c1-2-3-11-18-14(9-10-15,13(16)17)12-7-5-4-6-8-12/h10,12H,2-9,11H2,1H3,(H,16,17). The predicted octanol–water partition coefficient (Wildman–Crippen LogP) is 2.80. The first-order valence-corrected chi connectivity index (χ1v) is 6.98. The number of ether oxygens (including phenoxy) is 1. The van der Waals surface area contributed by atoms with Gasteiger partial charge in [0.15, 0.2) is 5.60 Å². The van der Waals surface area contributed by atoms with E-state index in [4.69, 9.17) is 4.74 Å². The fraction of sp³-hybridized carbons (Fsp3) is 0.857. The van der Waals surface area contributed by atoms with E-state index in [0.717, 1.165) is 44.9 Å². The number of rotatable bonds is 8. The van der Waals surface area contributed by atoms with E-state index in [1.165, 1.54) is 0 Å². The van der Waals surface area contributed by atoms with E-state index in [0.29, 0.717) is 12.9 Å². The van der Waals surface area contributed by atoms with Gasteiger partial charge in [0.25, 0.3) is 0 Å². The smallest absolute Gasteiger partial charge is 0.336 e. The zero-order chi connectivity index (χ0) is 13.4. The van der Waals surface area contributed by atoms with Crippen molar-refractivity contribution in [2.45, 2.75) is 63.9 Å². The Morgan fingerprint density at radius 3 is 2.56 bits per heavy atom. The molecule has 4 nitrogen and oxygen atoms in total. The lowest BCUT2D eigenvalue weighted by Gasteiger charge is -2.38. The second-order valence-electron chi connectivity index (χ2n) is 5.10. The molecular formula is C14H24O4. The number of carbonyl (C=O) groups is 2. The third kappa shape index (κ3) is 3.55. The summed E-state index contributed by atoms with van der Waals surface area (Å²) in [4.78, 5) is 22.5. The molecule has 0 saturated heterocycles. The molecule has 0 spiro atoms.